The molecule has 0 aliphatic heterocycles. The minimum Gasteiger partial charge on any atom is -0.380 e. The van der Waals surface area contributed by atoms with Gasteiger partial charge in [-0.3, -0.25) is 14.3 Å². The third kappa shape index (κ3) is 5.05. The summed E-state index contributed by atoms with van der Waals surface area (Å²) >= 11 is 0. The molecule has 28 heavy (non-hydrogen) atoms. The van der Waals surface area contributed by atoms with Gasteiger partial charge in [0.05, 0.1) is 13.0 Å². The van der Waals surface area contributed by atoms with Crippen molar-refractivity contribution in [2.45, 2.75) is 13.0 Å². The Kier molecular flexibility index (Phi) is 6.18. The third-order valence-electron chi connectivity index (χ3n) is 4.08. The molecule has 0 atom stereocenters. The van der Waals surface area contributed by atoms with E-state index in [0.717, 1.165) is 11.1 Å². The maximum absolute atomic E-state index is 12.5. The second-order valence-electron chi connectivity index (χ2n) is 6.34. The van der Waals surface area contributed by atoms with Crippen LogP contribution < -0.4 is 10.6 Å². The van der Waals surface area contributed by atoms with E-state index in [9.17, 15) is 9.59 Å². The normalized spacial score (nSPS) is 10.5. The number of ether oxygens (including phenoxy) is 1. The van der Waals surface area contributed by atoms with E-state index in [1.165, 1.54) is 4.68 Å². The molecule has 1 heterocycles. The van der Waals surface area contributed by atoms with Crippen LogP contribution in [0.5, 0.6) is 0 Å². The molecule has 3 rings (SSSR count). The Hall–Kier alpha value is -3.45. The van der Waals surface area contributed by atoms with Gasteiger partial charge in [0.25, 0.3) is 5.91 Å². The Labute approximate surface area is 163 Å². The van der Waals surface area contributed by atoms with Crippen LogP contribution in [0.1, 0.15) is 21.6 Å². The van der Waals surface area contributed by atoms with E-state index < -0.39 is 0 Å². The molecule has 0 saturated carbocycles. The van der Waals surface area contributed by atoms with E-state index in [2.05, 4.69) is 15.7 Å². The number of methoxy groups -OCH3 is 1. The minimum absolute atomic E-state index is 0.173. The zero-order chi connectivity index (χ0) is 19.9. The number of aromatic nitrogens is 2. The van der Waals surface area contributed by atoms with Crippen molar-refractivity contribution in [2.24, 2.45) is 7.05 Å². The van der Waals surface area contributed by atoms with Crippen molar-refractivity contribution in [2.75, 3.05) is 17.7 Å². The number of anilines is 2. The van der Waals surface area contributed by atoms with Gasteiger partial charge >= 0.3 is 0 Å². The van der Waals surface area contributed by atoms with Gasteiger partial charge in [0, 0.05) is 25.9 Å². The molecular formula is C21H22N4O3. The molecule has 0 radical (unpaired) electrons. The standard InChI is InChI=1S/C21H22N4O3/c1-25-19(23-20(26)12-15-7-4-3-5-8-15)13-18(24-25)21(27)22-17-10-6-9-16(11-17)14-28-2/h3-11,13H,12,14H2,1-2H3,(H,22,27)(H,23,26). The first-order chi connectivity index (χ1) is 13.5. The summed E-state index contributed by atoms with van der Waals surface area (Å²) in [5.41, 5.74) is 2.74. The fraction of sp³-hybridized carbons (Fsp3) is 0.190. The van der Waals surface area contributed by atoms with Gasteiger partial charge < -0.3 is 15.4 Å². The van der Waals surface area contributed by atoms with Gasteiger partial charge in [0.2, 0.25) is 5.91 Å². The average molecular weight is 378 g/mol. The summed E-state index contributed by atoms with van der Waals surface area (Å²) in [4.78, 5) is 24.7. The fourth-order valence-corrected chi connectivity index (χ4v) is 2.76. The minimum atomic E-state index is -0.353. The lowest BCUT2D eigenvalue weighted by Crippen LogP contribution is -2.16. The molecule has 0 aliphatic carbocycles. The van der Waals surface area contributed by atoms with E-state index in [4.69, 9.17) is 4.74 Å². The van der Waals surface area contributed by atoms with Gasteiger partial charge in [-0.15, -0.1) is 0 Å². The second-order valence-corrected chi connectivity index (χ2v) is 6.34. The highest BCUT2D eigenvalue weighted by molar-refractivity contribution is 6.04. The quantitative estimate of drug-likeness (QED) is 0.662. The molecule has 0 spiro atoms. The summed E-state index contributed by atoms with van der Waals surface area (Å²) in [7, 11) is 3.29. The second kappa shape index (κ2) is 8.96. The fourth-order valence-electron chi connectivity index (χ4n) is 2.76. The molecule has 3 aromatic rings. The van der Waals surface area contributed by atoms with Crippen LogP contribution in [0.2, 0.25) is 0 Å². The Bertz CT molecular complexity index is 967. The summed E-state index contributed by atoms with van der Waals surface area (Å²) in [6, 6.07) is 18.4. The molecule has 1 aromatic heterocycles. The Morgan fingerprint density at radius 1 is 1.00 bits per heavy atom. The number of nitrogens with one attached hydrogen (secondary N) is 2. The molecule has 2 N–H and O–H groups in total. The van der Waals surface area contributed by atoms with Gasteiger partial charge in [-0.2, -0.15) is 5.10 Å². The SMILES string of the molecule is COCc1cccc(NC(=O)c2cc(NC(=O)Cc3ccccc3)n(C)n2)c1. The molecule has 0 aliphatic rings. The molecule has 2 aromatic carbocycles. The number of carbonyl (C=O) groups is 2. The van der Waals surface area contributed by atoms with Crippen LogP contribution in [0.3, 0.4) is 0 Å². The van der Waals surface area contributed by atoms with Crippen molar-refractivity contribution in [3.05, 3.63) is 77.5 Å². The number of nitrogens with zero attached hydrogens (tertiary/aromatic N) is 2. The predicted molar refractivity (Wildman–Crippen MR) is 107 cm³/mol. The van der Waals surface area contributed by atoms with Gasteiger partial charge in [0.1, 0.15) is 5.82 Å². The summed E-state index contributed by atoms with van der Waals surface area (Å²) in [5, 5.41) is 9.79. The van der Waals surface area contributed by atoms with Crippen LogP contribution in [-0.2, 0) is 29.6 Å². The Morgan fingerprint density at radius 2 is 1.75 bits per heavy atom. The number of rotatable bonds is 7. The maximum atomic E-state index is 12.5. The molecule has 2 amide bonds. The van der Waals surface area contributed by atoms with Crippen LogP contribution in [0.4, 0.5) is 11.5 Å². The van der Waals surface area contributed by atoms with Crippen molar-refractivity contribution in [1.29, 1.82) is 0 Å². The van der Waals surface area contributed by atoms with Gasteiger partial charge in [0.15, 0.2) is 5.69 Å². The topological polar surface area (TPSA) is 85.3 Å². The smallest absolute Gasteiger partial charge is 0.276 e. The van der Waals surface area contributed by atoms with Crippen LogP contribution in [0, 0.1) is 0 Å². The molecule has 0 bridgehead atoms. The molecule has 7 nitrogen and oxygen atoms in total. The lowest BCUT2D eigenvalue weighted by Gasteiger charge is -2.05. The van der Waals surface area contributed by atoms with Crippen molar-refractivity contribution in [1.82, 2.24) is 9.78 Å². The Balaban J connectivity index is 1.65. The van der Waals surface area contributed by atoms with Crippen LogP contribution >= 0.6 is 0 Å². The van der Waals surface area contributed by atoms with Gasteiger partial charge in [-0.05, 0) is 23.3 Å². The van der Waals surface area contributed by atoms with E-state index in [0.29, 0.717) is 18.1 Å². The van der Waals surface area contributed by atoms with Crippen LogP contribution in [0.15, 0.2) is 60.7 Å². The highest BCUT2D eigenvalue weighted by atomic mass is 16.5. The number of hydrogen-bond donors (Lipinski definition) is 2. The summed E-state index contributed by atoms with van der Waals surface area (Å²) < 4.78 is 6.57. The van der Waals surface area contributed by atoms with Crippen molar-refractivity contribution < 1.29 is 14.3 Å². The molecule has 0 fully saturated rings. The first-order valence-electron chi connectivity index (χ1n) is 8.82. The lowest BCUT2D eigenvalue weighted by atomic mass is 10.1. The van der Waals surface area contributed by atoms with E-state index in [-0.39, 0.29) is 23.9 Å². The number of benzene rings is 2. The zero-order valence-corrected chi connectivity index (χ0v) is 15.8. The number of hydrogen-bond acceptors (Lipinski definition) is 4. The molecule has 0 unspecified atom stereocenters. The van der Waals surface area contributed by atoms with E-state index in [1.54, 1.807) is 26.3 Å². The lowest BCUT2D eigenvalue weighted by molar-refractivity contribution is -0.115. The average Bonchev–Trinajstić information content (AvgIpc) is 3.04. The molecule has 7 heteroatoms. The summed E-state index contributed by atoms with van der Waals surface area (Å²) in [6.45, 7) is 0.463. The number of amides is 2. The van der Waals surface area contributed by atoms with Crippen molar-refractivity contribution >= 4 is 23.3 Å². The van der Waals surface area contributed by atoms with Crippen LogP contribution in [0.25, 0.3) is 0 Å². The van der Waals surface area contributed by atoms with E-state index in [1.807, 2.05) is 48.5 Å². The van der Waals surface area contributed by atoms with E-state index >= 15 is 0 Å². The first-order valence-corrected chi connectivity index (χ1v) is 8.82. The van der Waals surface area contributed by atoms with Crippen molar-refractivity contribution in [3.63, 3.8) is 0 Å². The largest absolute Gasteiger partial charge is 0.380 e. The van der Waals surface area contributed by atoms with Crippen LogP contribution in [-0.4, -0.2) is 28.7 Å². The molecular weight excluding hydrogens is 356 g/mol. The zero-order valence-electron chi connectivity index (χ0n) is 15.8. The van der Waals surface area contributed by atoms with Crippen molar-refractivity contribution in [3.8, 4) is 0 Å². The highest BCUT2D eigenvalue weighted by Gasteiger charge is 2.15. The number of carbonyl (C=O) groups excluding carboxylic acids is 2. The monoisotopic (exact) mass is 378 g/mol. The van der Waals surface area contributed by atoms with Gasteiger partial charge in [-0.1, -0.05) is 42.5 Å². The first kappa shape index (κ1) is 19.3. The highest BCUT2D eigenvalue weighted by Crippen LogP contribution is 2.15. The Morgan fingerprint density at radius 3 is 2.50 bits per heavy atom. The summed E-state index contributed by atoms with van der Waals surface area (Å²) in [5.74, 6) is -0.0682. The van der Waals surface area contributed by atoms with Gasteiger partial charge in [-0.25, -0.2) is 0 Å². The maximum Gasteiger partial charge on any atom is 0.276 e. The molecule has 0 saturated heterocycles. The predicted octanol–water partition coefficient (Wildman–Crippen LogP) is 3.00. The third-order valence-corrected chi connectivity index (χ3v) is 4.08. The summed E-state index contributed by atoms with van der Waals surface area (Å²) in [6.07, 6.45) is 0.250. The molecule has 144 valence electrons. The number of aryl methyl sites for hydroxylation is 1.